The molecule has 2 rings (SSSR count). The van der Waals surface area contributed by atoms with Gasteiger partial charge in [-0.25, -0.2) is 9.37 Å². The normalized spacial score (nSPS) is 12.7. The predicted molar refractivity (Wildman–Crippen MR) is 57.3 cm³/mol. The second-order valence-corrected chi connectivity index (χ2v) is 4.14. The third kappa shape index (κ3) is 2.06. The molecule has 78 valence electrons. The van der Waals surface area contributed by atoms with E-state index in [4.69, 9.17) is 0 Å². The SMILES string of the molecule is Cc1ncsc1[C@H](O)c1ccc(F)cc1. The number of rotatable bonds is 2. The maximum atomic E-state index is 12.7. The number of hydrogen-bond acceptors (Lipinski definition) is 3. The molecule has 0 bridgehead atoms. The van der Waals surface area contributed by atoms with Crippen molar-refractivity contribution in [3.63, 3.8) is 0 Å². The lowest BCUT2D eigenvalue weighted by atomic mass is 10.1. The van der Waals surface area contributed by atoms with Gasteiger partial charge in [-0.15, -0.1) is 11.3 Å². The number of aryl methyl sites for hydroxylation is 1. The lowest BCUT2D eigenvalue weighted by Crippen LogP contribution is -1.99. The van der Waals surface area contributed by atoms with Crippen molar-refractivity contribution in [2.75, 3.05) is 0 Å². The van der Waals surface area contributed by atoms with E-state index in [1.165, 1.54) is 23.5 Å². The van der Waals surface area contributed by atoms with Gasteiger partial charge in [-0.05, 0) is 24.6 Å². The summed E-state index contributed by atoms with van der Waals surface area (Å²) in [5.41, 5.74) is 3.19. The Kier molecular flexibility index (Phi) is 2.79. The molecule has 0 radical (unpaired) electrons. The summed E-state index contributed by atoms with van der Waals surface area (Å²) in [7, 11) is 0. The van der Waals surface area contributed by atoms with Crippen molar-refractivity contribution in [3.8, 4) is 0 Å². The van der Waals surface area contributed by atoms with Gasteiger partial charge in [0.2, 0.25) is 0 Å². The lowest BCUT2D eigenvalue weighted by molar-refractivity contribution is 0.223. The number of aliphatic hydroxyl groups is 1. The van der Waals surface area contributed by atoms with E-state index in [9.17, 15) is 9.50 Å². The average molecular weight is 223 g/mol. The van der Waals surface area contributed by atoms with Crippen molar-refractivity contribution in [1.82, 2.24) is 4.98 Å². The van der Waals surface area contributed by atoms with Crippen LogP contribution in [0.2, 0.25) is 0 Å². The first-order valence-electron chi connectivity index (χ1n) is 4.52. The van der Waals surface area contributed by atoms with E-state index in [2.05, 4.69) is 4.98 Å². The minimum absolute atomic E-state index is 0.299. The zero-order chi connectivity index (χ0) is 10.8. The molecular formula is C11H10FNOS. The minimum Gasteiger partial charge on any atom is -0.383 e. The maximum absolute atomic E-state index is 12.7. The molecule has 1 N–H and O–H groups in total. The third-order valence-electron chi connectivity index (χ3n) is 2.22. The van der Waals surface area contributed by atoms with Crippen molar-refractivity contribution in [2.24, 2.45) is 0 Å². The largest absolute Gasteiger partial charge is 0.383 e. The predicted octanol–water partition coefficient (Wildman–Crippen LogP) is 2.67. The van der Waals surface area contributed by atoms with E-state index in [1.807, 2.05) is 6.92 Å². The number of aromatic nitrogens is 1. The maximum Gasteiger partial charge on any atom is 0.123 e. The van der Waals surface area contributed by atoms with Crippen LogP contribution in [-0.2, 0) is 0 Å². The Bertz CT molecular complexity index is 452. The molecular weight excluding hydrogens is 213 g/mol. The summed E-state index contributed by atoms with van der Waals surface area (Å²) in [5, 5.41) is 10.0. The number of halogens is 1. The van der Waals surface area contributed by atoms with Crippen LogP contribution in [0.5, 0.6) is 0 Å². The molecule has 4 heteroatoms. The molecule has 2 nitrogen and oxygen atoms in total. The summed E-state index contributed by atoms with van der Waals surface area (Å²) in [5.74, 6) is -0.299. The van der Waals surface area contributed by atoms with Crippen LogP contribution in [0.1, 0.15) is 22.2 Å². The number of nitrogens with zero attached hydrogens (tertiary/aromatic N) is 1. The fraction of sp³-hybridized carbons (Fsp3) is 0.182. The van der Waals surface area contributed by atoms with Crippen LogP contribution < -0.4 is 0 Å². The van der Waals surface area contributed by atoms with Gasteiger partial charge in [0.25, 0.3) is 0 Å². The number of hydrogen-bond donors (Lipinski definition) is 1. The third-order valence-corrected chi connectivity index (χ3v) is 3.20. The molecule has 15 heavy (non-hydrogen) atoms. The summed E-state index contributed by atoms with van der Waals surface area (Å²) < 4.78 is 12.7. The molecule has 1 atom stereocenters. The molecule has 0 saturated heterocycles. The highest BCUT2D eigenvalue weighted by Crippen LogP contribution is 2.27. The molecule has 0 amide bonds. The highest BCUT2D eigenvalue weighted by atomic mass is 32.1. The number of thiazole rings is 1. The first-order chi connectivity index (χ1) is 7.18. The molecule has 0 aliphatic rings. The quantitative estimate of drug-likeness (QED) is 0.849. The monoisotopic (exact) mass is 223 g/mol. The van der Waals surface area contributed by atoms with Crippen LogP contribution in [0.4, 0.5) is 4.39 Å². The molecule has 1 aromatic carbocycles. The highest BCUT2D eigenvalue weighted by Gasteiger charge is 2.14. The zero-order valence-electron chi connectivity index (χ0n) is 8.14. The van der Waals surface area contributed by atoms with Crippen LogP contribution >= 0.6 is 11.3 Å². The van der Waals surface area contributed by atoms with Crippen molar-refractivity contribution in [1.29, 1.82) is 0 Å². The van der Waals surface area contributed by atoms with Gasteiger partial charge in [0, 0.05) is 0 Å². The van der Waals surface area contributed by atoms with Gasteiger partial charge in [0.1, 0.15) is 11.9 Å². The smallest absolute Gasteiger partial charge is 0.123 e. The van der Waals surface area contributed by atoms with Crippen molar-refractivity contribution < 1.29 is 9.50 Å². The van der Waals surface area contributed by atoms with Crippen molar-refractivity contribution >= 4 is 11.3 Å². The Morgan fingerprint density at radius 1 is 1.33 bits per heavy atom. The average Bonchev–Trinajstić information content (AvgIpc) is 2.65. The highest BCUT2D eigenvalue weighted by molar-refractivity contribution is 7.09. The second kappa shape index (κ2) is 4.08. The Morgan fingerprint density at radius 2 is 2.00 bits per heavy atom. The summed E-state index contributed by atoms with van der Waals surface area (Å²) in [6.07, 6.45) is -0.710. The first-order valence-corrected chi connectivity index (χ1v) is 5.40. The number of aliphatic hydroxyl groups excluding tert-OH is 1. The van der Waals surface area contributed by atoms with Gasteiger partial charge < -0.3 is 5.11 Å². The fourth-order valence-electron chi connectivity index (χ4n) is 1.37. The molecule has 0 aliphatic heterocycles. The van der Waals surface area contributed by atoms with E-state index in [1.54, 1.807) is 17.6 Å². The fourth-order valence-corrected chi connectivity index (χ4v) is 2.18. The van der Waals surface area contributed by atoms with Crippen LogP contribution in [0.15, 0.2) is 29.8 Å². The Morgan fingerprint density at radius 3 is 2.53 bits per heavy atom. The Labute approximate surface area is 91.0 Å². The van der Waals surface area contributed by atoms with Crippen LogP contribution in [0.3, 0.4) is 0 Å². The molecule has 0 unspecified atom stereocenters. The number of benzene rings is 1. The summed E-state index contributed by atoms with van der Waals surface area (Å²) >= 11 is 1.40. The molecule has 0 spiro atoms. The van der Waals surface area contributed by atoms with Crippen LogP contribution in [0, 0.1) is 12.7 Å². The van der Waals surface area contributed by atoms with Gasteiger partial charge in [0.15, 0.2) is 0 Å². The van der Waals surface area contributed by atoms with E-state index >= 15 is 0 Å². The molecule has 0 saturated carbocycles. The summed E-state index contributed by atoms with van der Waals surface area (Å²) in [6, 6.07) is 5.85. The topological polar surface area (TPSA) is 33.1 Å². The Balaban J connectivity index is 2.32. The minimum atomic E-state index is -0.710. The second-order valence-electron chi connectivity index (χ2n) is 3.26. The van der Waals surface area contributed by atoms with Gasteiger partial charge in [-0.3, -0.25) is 0 Å². The van der Waals surface area contributed by atoms with Gasteiger partial charge >= 0.3 is 0 Å². The van der Waals surface area contributed by atoms with Crippen LogP contribution in [0.25, 0.3) is 0 Å². The molecule has 2 aromatic rings. The molecule has 0 aliphatic carbocycles. The first kappa shape index (κ1) is 10.3. The van der Waals surface area contributed by atoms with E-state index < -0.39 is 6.10 Å². The Hall–Kier alpha value is -1.26. The zero-order valence-corrected chi connectivity index (χ0v) is 8.96. The van der Waals surface area contributed by atoms with Gasteiger partial charge in [-0.2, -0.15) is 0 Å². The lowest BCUT2D eigenvalue weighted by Gasteiger charge is -2.09. The standard InChI is InChI=1S/C11H10FNOS/c1-7-11(15-6-13-7)10(14)8-2-4-9(12)5-3-8/h2-6,10,14H,1H3/t10-/m1/s1. The van der Waals surface area contributed by atoms with Crippen LogP contribution in [-0.4, -0.2) is 10.1 Å². The van der Waals surface area contributed by atoms with E-state index in [0.717, 1.165) is 10.6 Å². The molecule has 0 fully saturated rings. The summed E-state index contributed by atoms with van der Waals surface area (Å²) in [4.78, 5) is 4.87. The van der Waals surface area contributed by atoms with E-state index in [-0.39, 0.29) is 5.82 Å². The molecule has 1 aromatic heterocycles. The summed E-state index contributed by atoms with van der Waals surface area (Å²) in [6.45, 7) is 1.85. The van der Waals surface area contributed by atoms with Crippen molar-refractivity contribution in [2.45, 2.75) is 13.0 Å². The van der Waals surface area contributed by atoms with Gasteiger partial charge in [-0.1, -0.05) is 12.1 Å². The van der Waals surface area contributed by atoms with Gasteiger partial charge in [0.05, 0.1) is 16.1 Å². The molecule has 1 heterocycles. The van der Waals surface area contributed by atoms with Crippen molar-refractivity contribution in [3.05, 3.63) is 51.7 Å². The van der Waals surface area contributed by atoms with E-state index in [0.29, 0.717) is 5.56 Å².